The lowest BCUT2D eigenvalue weighted by Gasteiger charge is -2.08. The van der Waals surface area contributed by atoms with Gasteiger partial charge in [0.25, 0.3) is 5.92 Å². The topological polar surface area (TPSA) is 46.5 Å². The summed E-state index contributed by atoms with van der Waals surface area (Å²) in [5, 5.41) is 9.05. The molecule has 2 aromatic rings. The molecule has 0 saturated heterocycles. The summed E-state index contributed by atoms with van der Waals surface area (Å²) in [6, 6.07) is 14.6. The van der Waals surface area contributed by atoms with Gasteiger partial charge in [-0.2, -0.15) is 0 Å². The van der Waals surface area contributed by atoms with E-state index in [0.29, 0.717) is 5.56 Å². The molecule has 1 fully saturated rings. The van der Waals surface area contributed by atoms with E-state index in [1.54, 1.807) is 42.5 Å². The molecule has 114 valence electrons. The summed E-state index contributed by atoms with van der Waals surface area (Å²) in [4.78, 5) is 11.1. The Kier molecular flexibility index (Phi) is 3.56. The van der Waals surface area contributed by atoms with Gasteiger partial charge in [0.2, 0.25) is 0 Å². The minimum absolute atomic E-state index is 0.0253. The lowest BCUT2D eigenvalue weighted by Crippen LogP contribution is -2.08. The van der Waals surface area contributed by atoms with Gasteiger partial charge in [-0.15, -0.1) is 0 Å². The van der Waals surface area contributed by atoms with Crippen molar-refractivity contribution in [1.29, 1.82) is 0 Å². The molecular formula is C17H14F2O3. The van der Waals surface area contributed by atoms with Crippen LogP contribution in [0.3, 0.4) is 0 Å². The average Bonchev–Trinajstić information content (AvgIpc) is 3.07. The monoisotopic (exact) mass is 304 g/mol. The Hall–Kier alpha value is -2.43. The fraction of sp³-hybridized carbons (Fsp3) is 0.235. The zero-order valence-electron chi connectivity index (χ0n) is 11.6. The quantitative estimate of drug-likeness (QED) is 0.913. The van der Waals surface area contributed by atoms with Gasteiger partial charge in [0.15, 0.2) is 0 Å². The Labute approximate surface area is 126 Å². The molecule has 2 atom stereocenters. The highest BCUT2D eigenvalue weighted by Gasteiger charge is 2.69. The van der Waals surface area contributed by atoms with Gasteiger partial charge in [-0.05, 0) is 17.7 Å². The summed E-state index contributed by atoms with van der Waals surface area (Å²) in [5.41, 5.74) is 0.551. The molecular weight excluding hydrogens is 290 g/mol. The molecule has 22 heavy (non-hydrogen) atoms. The van der Waals surface area contributed by atoms with Gasteiger partial charge in [0.1, 0.15) is 11.3 Å². The molecule has 0 aliphatic heterocycles. The number of carboxylic acid groups (broad SMARTS) is 1. The van der Waals surface area contributed by atoms with Crippen molar-refractivity contribution in [3.05, 3.63) is 65.7 Å². The van der Waals surface area contributed by atoms with Crippen molar-refractivity contribution in [2.75, 3.05) is 6.61 Å². The number of carbonyl (C=O) groups is 1. The number of para-hydroxylation sites is 1. The highest BCUT2D eigenvalue weighted by molar-refractivity contribution is 5.90. The van der Waals surface area contributed by atoms with Gasteiger partial charge in [0.05, 0.1) is 18.4 Å². The Morgan fingerprint density at radius 3 is 2.41 bits per heavy atom. The van der Waals surface area contributed by atoms with Crippen LogP contribution in [0.15, 0.2) is 54.6 Å². The van der Waals surface area contributed by atoms with Crippen LogP contribution in [-0.2, 0) is 0 Å². The summed E-state index contributed by atoms with van der Waals surface area (Å²) in [6.45, 7) is -0.211. The van der Waals surface area contributed by atoms with Gasteiger partial charge in [-0.25, -0.2) is 13.6 Å². The van der Waals surface area contributed by atoms with E-state index in [4.69, 9.17) is 9.84 Å². The van der Waals surface area contributed by atoms with Crippen LogP contribution in [0.5, 0.6) is 5.75 Å². The number of halogens is 2. The van der Waals surface area contributed by atoms with Gasteiger partial charge >= 0.3 is 5.97 Å². The molecule has 5 heteroatoms. The molecule has 0 radical (unpaired) electrons. The number of hydrogen-bond donors (Lipinski definition) is 1. The van der Waals surface area contributed by atoms with Gasteiger partial charge in [-0.3, -0.25) is 0 Å². The van der Waals surface area contributed by atoms with E-state index in [1.807, 2.05) is 0 Å². The maximum Gasteiger partial charge on any atom is 0.339 e. The fourth-order valence-electron chi connectivity index (χ4n) is 2.66. The minimum atomic E-state index is -2.82. The standard InChI is InChI=1S/C17H14F2O3/c18-17(19)13(15(17)11-6-2-1-3-7-11)10-22-14-9-5-4-8-12(14)16(20)21/h1-9,13,15H,10H2,(H,20,21)/t13-,15-/m1/s1. The Morgan fingerprint density at radius 1 is 1.09 bits per heavy atom. The van der Waals surface area contributed by atoms with Crippen LogP contribution in [0, 0.1) is 5.92 Å². The number of hydrogen-bond acceptors (Lipinski definition) is 2. The number of benzene rings is 2. The molecule has 3 nitrogen and oxygen atoms in total. The zero-order valence-corrected chi connectivity index (χ0v) is 11.6. The number of aromatic carboxylic acids is 1. The first-order chi connectivity index (χ1) is 10.5. The van der Waals surface area contributed by atoms with E-state index in [2.05, 4.69) is 0 Å². The Bertz CT molecular complexity index is 685. The lowest BCUT2D eigenvalue weighted by molar-refractivity contribution is 0.0688. The SMILES string of the molecule is O=C(O)c1ccccc1OC[C@@H]1[C@@H](c2ccccc2)C1(F)F. The fourth-order valence-corrected chi connectivity index (χ4v) is 2.66. The third kappa shape index (κ3) is 2.54. The van der Waals surface area contributed by atoms with Crippen LogP contribution >= 0.6 is 0 Å². The first kappa shape index (κ1) is 14.5. The summed E-state index contributed by atoms with van der Waals surface area (Å²) in [5.74, 6) is -5.65. The van der Waals surface area contributed by atoms with Crippen molar-refractivity contribution in [2.24, 2.45) is 5.92 Å². The predicted molar refractivity (Wildman–Crippen MR) is 76.5 cm³/mol. The first-order valence-corrected chi connectivity index (χ1v) is 6.89. The second kappa shape index (κ2) is 5.40. The van der Waals surface area contributed by atoms with Crippen LogP contribution in [0.2, 0.25) is 0 Å². The molecule has 3 rings (SSSR count). The molecule has 0 amide bonds. The molecule has 2 aromatic carbocycles. The summed E-state index contributed by atoms with van der Waals surface area (Å²) in [6.07, 6.45) is 0. The van der Waals surface area contributed by atoms with Gasteiger partial charge < -0.3 is 9.84 Å². The second-order valence-electron chi connectivity index (χ2n) is 5.28. The molecule has 1 aliphatic carbocycles. The normalized spacial score (nSPS) is 22.1. The first-order valence-electron chi connectivity index (χ1n) is 6.89. The van der Waals surface area contributed by atoms with Crippen molar-refractivity contribution in [2.45, 2.75) is 11.8 Å². The highest BCUT2D eigenvalue weighted by atomic mass is 19.3. The maximum atomic E-state index is 13.9. The van der Waals surface area contributed by atoms with E-state index < -0.39 is 23.7 Å². The van der Waals surface area contributed by atoms with Gasteiger partial charge in [0, 0.05) is 0 Å². The number of alkyl halides is 2. The molecule has 0 unspecified atom stereocenters. The molecule has 0 bridgehead atoms. The van der Waals surface area contributed by atoms with Crippen molar-refractivity contribution in [3.63, 3.8) is 0 Å². The highest BCUT2D eigenvalue weighted by Crippen LogP contribution is 2.61. The molecule has 0 heterocycles. The van der Waals surface area contributed by atoms with E-state index in [0.717, 1.165) is 0 Å². The summed E-state index contributed by atoms with van der Waals surface area (Å²) >= 11 is 0. The van der Waals surface area contributed by atoms with Crippen LogP contribution in [0.4, 0.5) is 8.78 Å². The number of rotatable bonds is 5. The second-order valence-corrected chi connectivity index (χ2v) is 5.28. The third-order valence-electron chi connectivity index (χ3n) is 3.90. The van der Waals surface area contributed by atoms with Crippen molar-refractivity contribution in [1.82, 2.24) is 0 Å². The van der Waals surface area contributed by atoms with Crippen LogP contribution in [0.1, 0.15) is 21.8 Å². The molecule has 0 spiro atoms. The predicted octanol–water partition coefficient (Wildman–Crippen LogP) is 3.81. The molecule has 1 saturated carbocycles. The Balaban J connectivity index is 1.72. The van der Waals surface area contributed by atoms with Crippen molar-refractivity contribution < 1.29 is 23.4 Å². The number of ether oxygens (including phenoxy) is 1. The molecule has 1 N–H and O–H groups in total. The van der Waals surface area contributed by atoms with E-state index in [1.165, 1.54) is 12.1 Å². The van der Waals surface area contributed by atoms with Crippen molar-refractivity contribution >= 4 is 5.97 Å². The summed E-state index contributed by atoms with van der Waals surface area (Å²) in [7, 11) is 0. The Morgan fingerprint density at radius 2 is 1.73 bits per heavy atom. The number of carboxylic acids is 1. The van der Waals surface area contributed by atoms with E-state index in [9.17, 15) is 13.6 Å². The average molecular weight is 304 g/mol. The molecule has 0 aromatic heterocycles. The van der Waals surface area contributed by atoms with Crippen molar-refractivity contribution in [3.8, 4) is 5.75 Å². The smallest absolute Gasteiger partial charge is 0.339 e. The molecule has 1 aliphatic rings. The van der Waals surface area contributed by atoms with E-state index >= 15 is 0 Å². The third-order valence-corrected chi connectivity index (χ3v) is 3.90. The van der Waals surface area contributed by atoms with Crippen LogP contribution in [0.25, 0.3) is 0 Å². The largest absolute Gasteiger partial charge is 0.492 e. The van der Waals surface area contributed by atoms with Crippen LogP contribution in [-0.4, -0.2) is 23.6 Å². The van der Waals surface area contributed by atoms with E-state index in [-0.39, 0.29) is 17.9 Å². The minimum Gasteiger partial charge on any atom is -0.492 e. The van der Waals surface area contributed by atoms with Crippen LogP contribution < -0.4 is 4.74 Å². The summed E-state index contributed by atoms with van der Waals surface area (Å²) < 4.78 is 33.2. The maximum absolute atomic E-state index is 13.9. The lowest BCUT2D eigenvalue weighted by atomic mass is 10.1. The zero-order chi connectivity index (χ0) is 15.7. The van der Waals surface area contributed by atoms with Gasteiger partial charge in [-0.1, -0.05) is 42.5 Å².